The van der Waals surface area contributed by atoms with Crippen LogP contribution in [-0.4, -0.2) is 12.1 Å². The van der Waals surface area contributed by atoms with Gasteiger partial charge in [0.05, 0.1) is 0 Å². The number of esters is 1. The van der Waals surface area contributed by atoms with Crippen LogP contribution in [0.15, 0.2) is 0 Å². The first kappa shape index (κ1) is 9.03. The molecule has 2 heteroatoms. The Morgan fingerprint density at radius 2 is 2.10 bits per heavy atom. The van der Waals surface area contributed by atoms with Gasteiger partial charge in [0.2, 0.25) is 0 Å². The van der Waals surface area contributed by atoms with Crippen LogP contribution in [0.5, 0.6) is 0 Å². The molecule has 0 aromatic carbocycles. The van der Waals surface area contributed by atoms with Crippen LogP contribution < -0.4 is 0 Å². The molecule has 10 heavy (non-hydrogen) atoms. The Balaban J connectivity index is 3.87. The van der Waals surface area contributed by atoms with E-state index >= 15 is 0 Å². The molecule has 0 aromatic rings. The van der Waals surface area contributed by atoms with Gasteiger partial charge in [0.25, 0.3) is 0 Å². The molecule has 1 atom stereocenters. The molecule has 0 saturated carbocycles. The lowest BCUT2D eigenvalue weighted by atomic mass is 10.1. The van der Waals surface area contributed by atoms with Crippen LogP contribution in [0.4, 0.5) is 0 Å². The van der Waals surface area contributed by atoms with Crippen LogP contribution in [0.3, 0.4) is 0 Å². The molecule has 0 aromatic heterocycles. The van der Waals surface area contributed by atoms with Crippen LogP contribution in [-0.2, 0) is 9.53 Å². The fourth-order valence-corrected chi connectivity index (χ4v) is 0.541. The molecule has 0 heterocycles. The van der Waals surface area contributed by atoms with Crippen molar-refractivity contribution in [1.82, 2.24) is 0 Å². The van der Waals surface area contributed by atoms with Crippen LogP contribution in [0, 0.1) is 18.3 Å². The molecule has 2 nitrogen and oxygen atoms in total. The molecule has 0 aliphatic heterocycles. The highest BCUT2D eigenvalue weighted by Crippen LogP contribution is 2.04. The van der Waals surface area contributed by atoms with Crippen molar-refractivity contribution >= 4 is 5.97 Å². The molecular weight excluding hydrogens is 128 g/mol. The third-order valence-electron chi connectivity index (χ3n) is 1.06. The Hall–Kier alpha value is -0.970. The first-order valence-electron chi connectivity index (χ1n) is 3.21. The second-order valence-corrected chi connectivity index (χ2v) is 2.44. The maximum atomic E-state index is 10.4. The van der Waals surface area contributed by atoms with E-state index in [-0.39, 0.29) is 18.0 Å². The average Bonchev–Trinajstić information content (AvgIpc) is 1.81. The van der Waals surface area contributed by atoms with Crippen molar-refractivity contribution < 1.29 is 9.53 Å². The maximum Gasteiger partial charge on any atom is 0.303 e. The van der Waals surface area contributed by atoms with Gasteiger partial charge in [-0.05, 0) is 0 Å². The van der Waals surface area contributed by atoms with Crippen LogP contribution in [0.25, 0.3) is 0 Å². The number of ether oxygens (including phenoxy) is 1. The molecule has 0 N–H and O–H groups in total. The summed E-state index contributed by atoms with van der Waals surface area (Å²) in [6, 6.07) is 0. The summed E-state index contributed by atoms with van der Waals surface area (Å²) in [6.07, 6.45) is 4.72. The maximum absolute atomic E-state index is 10.4. The first-order valence-corrected chi connectivity index (χ1v) is 3.21. The van der Waals surface area contributed by atoms with Gasteiger partial charge in [-0.25, -0.2) is 0 Å². The van der Waals surface area contributed by atoms with E-state index in [1.54, 1.807) is 0 Å². The summed E-state index contributed by atoms with van der Waals surface area (Å²) in [4.78, 5) is 10.4. The average molecular weight is 140 g/mol. The van der Waals surface area contributed by atoms with E-state index in [1.165, 1.54) is 6.92 Å². The highest BCUT2D eigenvalue weighted by Gasteiger charge is 2.11. The first-order chi connectivity index (χ1) is 4.57. The molecular formula is C8H12O2. The summed E-state index contributed by atoms with van der Waals surface area (Å²) < 4.78 is 4.79. The second-order valence-electron chi connectivity index (χ2n) is 2.44. The lowest BCUT2D eigenvalue weighted by molar-refractivity contribution is -0.145. The number of hydrogen-bond acceptors (Lipinski definition) is 2. The lowest BCUT2D eigenvalue weighted by Gasteiger charge is -2.13. The van der Waals surface area contributed by atoms with E-state index < -0.39 is 0 Å². The monoisotopic (exact) mass is 140 g/mol. The van der Waals surface area contributed by atoms with E-state index in [0.717, 1.165) is 0 Å². The molecule has 0 bridgehead atoms. The van der Waals surface area contributed by atoms with Crippen molar-refractivity contribution in [2.75, 3.05) is 0 Å². The number of hydrogen-bond donors (Lipinski definition) is 0. The van der Waals surface area contributed by atoms with Gasteiger partial charge in [0.1, 0.15) is 0 Å². The van der Waals surface area contributed by atoms with Crippen molar-refractivity contribution in [2.24, 2.45) is 5.92 Å². The van der Waals surface area contributed by atoms with Crippen molar-refractivity contribution in [1.29, 1.82) is 0 Å². The highest BCUT2D eigenvalue weighted by atomic mass is 16.5. The molecule has 0 rings (SSSR count). The number of carbonyl (C=O) groups is 1. The Morgan fingerprint density at radius 1 is 1.60 bits per heavy atom. The summed E-state index contributed by atoms with van der Waals surface area (Å²) >= 11 is 0. The summed E-state index contributed by atoms with van der Waals surface area (Å²) in [7, 11) is 0. The Bertz CT molecular complexity index is 153. The molecule has 0 spiro atoms. The minimum Gasteiger partial charge on any atom is -0.449 e. The van der Waals surface area contributed by atoms with Gasteiger partial charge in [-0.1, -0.05) is 19.8 Å². The Morgan fingerprint density at radius 3 is 2.20 bits per heavy atom. The molecule has 0 aliphatic carbocycles. The van der Waals surface area contributed by atoms with Crippen molar-refractivity contribution in [3.63, 3.8) is 0 Å². The zero-order valence-electron chi connectivity index (χ0n) is 6.55. The topological polar surface area (TPSA) is 26.3 Å². The van der Waals surface area contributed by atoms with Crippen LogP contribution in [0.1, 0.15) is 20.8 Å². The number of rotatable bonds is 2. The van der Waals surface area contributed by atoms with Gasteiger partial charge >= 0.3 is 5.97 Å². The Kier molecular flexibility index (Phi) is 3.56. The molecule has 0 fully saturated rings. The summed E-state index contributed by atoms with van der Waals surface area (Å²) in [5, 5.41) is 0. The molecule has 1 unspecified atom stereocenters. The lowest BCUT2D eigenvalue weighted by Crippen LogP contribution is -2.19. The minimum atomic E-state index is -0.377. The third-order valence-corrected chi connectivity index (χ3v) is 1.06. The van der Waals surface area contributed by atoms with Gasteiger partial charge in [-0.3, -0.25) is 4.79 Å². The summed E-state index contributed by atoms with van der Waals surface area (Å²) in [6.45, 7) is 5.17. The Labute approximate surface area is 61.6 Å². The predicted molar refractivity (Wildman–Crippen MR) is 39.2 cm³/mol. The standard InChI is InChI=1S/C8H12O2/c1-5-8(6(2)3)10-7(4)9/h1,6,8H,2-4H3. The largest absolute Gasteiger partial charge is 0.449 e. The van der Waals surface area contributed by atoms with Gasteiger partial charge in [-0.2, -0.15) is 0 Å². The van der Waals surface area contributed by atoms with E-state index in [1.807, 2.05) is 13.8 Å². The quantitative estimate of drug-likeness (QED) is 0.425. The fourth-order valence-electron chi connectivity index (χ4n) is 0.541. The van der Waals surface area contributed by atoms with Crippen LogP contribution in [0.2, 0.25) is 0 Å². The molecule has 56 valence electrons. The highest BCUT2D eigenvalue weighted by molar-refractivity contribution is 5.66. The van der Waals surface area contributed by atoms with E-state index in [9.17, 15) is 4.79 Å². The normalized spacial score (nSPS) is 12.3. The fraction of sp³-hybridized carbons (Fsp3) is 0.625. The molecule has 0 saturated heterocycles. The third kappa shape index (κ3) is 3.13. The van der Waals surface area contributed by atoms with Crippen molar-refractivity contribution in [3.05, 3.63) is 0 Å². The summed E-state index contributed by atoms with van der Waals surface area (Å²) in [5.74, 6) is 2.26. The van der Waals surface area contributed by atoms with Gasteiger partial charge in [0.15, 0.2) is 6.10 Å². The predicted octanol–water partition coefficient (Wildman–Crippen LogP) is 1.21. The number of terminal acetylenes is 1. The summed E-state index contributed by atoms with van der Waals surface area (Å²) in [5.41, 5.74) is 0. The molecule has 0 amide bonds. The van der Waals surface area contributed by atoms with Gasteiger partial charge < -0.3 is 4.74 Å². The molecule has 0 aliphatic rings. The van der Waals surface area contributed by atoms with E-state index in [0.29, 0.717) is 0 Å². The van der Waals surface area contributed by atoms with Crippen molar-refractivity contribution in [3.8, 4) is 12.3 Å². The molecule has 0 radical (unpaired) electrons. The van der Waals surface area contributed by atoms with Gasteiger partial charge in [0, 0.05) is 12.8 Å². The van der Waals surface area contributed by atoms with E-state index in [4.69, 9.17) is 11.2 Å². The zero-order chi connectivity index (χ0) is 8.15. The van der Waals surface area contributed by atoms with Crippen LogP contribution >= 0.6 is 0 Å². The zero-order valence-corrected chi connectivity index (χ0v) is 6.55. The smallest absolute Gasteiger partial charge is 0.303 e. The van der Waals surface area contributed by atoms with E-state index in [2.05, 4.69) is 5.92 Å². The van der Waals surface area contributed by atoms with Crippen molar-refractivity contribution in [2.45, 2.75) is 26.9 Å². The van der Waals surface area contributed by atoms with Gasteiger partial charge in [-0.15, -0.1) is 6.42 Å². The SMILES string of the molecule is C#CC(OC(C)=O)C(C)C. The second kappa shape index (κ2) is 3.94. The minimum absolute atomic E-state index is 0.189. The number of carbonyl (C=O) groups excluding carboxylic acids is 1.